The maximum absolute atomic E-state index is 12.2. The number of amides is 1. The molecule has 0 spiro atoms. The Kier molecular flexibility index (Phi) is 4.71. The number of carbonyl (C=O) groups excluding carboxylic acids is 1. The first-order valence-corrected chi connectivity index (χ1v) is 7.56. The van der Waals surface area contributed by atoms with Crippen LogP contribution < -0.4 is 5.32 Å². The summed E-state index contributed by atoms with van der Waals surface area (Å²) in [5.41, 5.74) is 2.38. The van der Waals surface area contributed by atoms with Gasteiger partial charge in [0.25, 0.3) is 5.91 Å². The third-order valence-corrected chi connectivity index (χ3v) is 3.83. The molecule has 2 aromatic rings. The molecule has 1 amide bonds. The molecule has 0 saturated heterocycles. The van der Waals surface area contributed by atoms with Gasteiger partial charge in [0.1, 0.15) is 0 Å². The number of anilines is 1. The summed E-state index contributed by atoms with van der Waals surface area (Å²) in [6.07, 6.45) is 0. The fraction of sp³-hybridized carbons (Fsp3) is 0.0714. The topological polar surface area (TPSA) is 29.1 Å². The zero-order valence-corrected chi connectivity index (χ0v) is 14.1. The first kappa shape index (κ1) is 14.6. The van der Waals surface area contributed by atoms with Gasteiger partial charge >= 0.3 is 0 Å². The predicted octanol–water partition coefficient (Wildman–Crippen LogP) is 5.06. The van der Waals surface area contributed by atoms with Gasteiger partial charge in [0.05, 0.1) is 5.56 Å². The number of benzene rings is 2. The van der Waals surface area contributed by atoms with Gasteiger partial charge in [0.15, 0.2) is 0 Å². The summed E-state index contributed by atoms with van der Waals surface area (Å²) in [5.74, 6) is -0.171. The molecule has 1 N–H and O–H groups in total. The average molecular weight is 401 g/mol. The van der Waals surface area contributed by atoms with Crippen molar-refractivity contribution in [3.63, 3.8) is 0 Å². The molecular formula is C14H11Br2NOS. The van der Waals surface area contributed by atoms with Crippen LogP contribution in [0.15, 0.2) is 50.2 Å². The molecule has 2 nitrogen and oxygen atoms in total. The quantitative estimate of drug-likeness (QED) is 0.677. The van der Waals surface area contributed by atoms with E-state index in [1.165, 1.54) is 0 Å². The highest BCUT2D eigenvalue weighted by Gasteiger charge is 2.10. The molecule has 2 rings (SSSR count). The number of carbonyl (C=O) groups is 1. The molecule has 0 bridgehead atoms. The largest absolute Gasteiger partial charge is 0.322 e. The Hall–Kier alpha value is -0.780. The molecule has 0 heterocycles. The highest BCUT2D eigenvalue weighted by atomic mass is 79.9. The predicted molar refractivity (Wildman–Crippen MR) is 88.2 cm³/mol. The van der Waals surface area contributed by atoms with E-state index >= 15 is 0 Å². The van der Waals surface area contributed by atoms with Crippen molar-refractivity contribution in [2.45, 2.75) is 11.8 Å². The maximum Gasteiger partial charge on any atom is 0.256 e. The molecule has 0 radical (unpaired) electrons. The van der Waals surface area contributed by atoms with E-state index in [0.29, 0.717) is 10.5 Å². The molecule has 0 unspecified atom stereocenters. The van der Waals surface area contributed by atoms with Crippen LogP contribution in [0, 0.1) is 6.92 Å². The number of rotatable bonds is 2. The van der Waals surface area contributed by atoms with E-state index < -0.39 is 0 Å². The molecule has 0 saturated carbocycles. The van der Waals surface area contributed by atoms with Crippen molar-refractivity contribution < 1.29 is 4.79 Å². The van der Waals surface area contributed by atoms with Gasteiger partial charge in [0.2, 0.25) is 0 Å². The molecule has 0 atom stereocenters. The van der Waals surface area contributed by atoms with Crippen LogP contribution in [0.2, 0.25) is 0 Å². The Morgan fingerprint density at radius 2 is 1.84 bits per heavy atom. The lowest BCUT2D eigenvalue weighted by atomic mass is 10.2. The molecule has 0 fully saturated rings. The molecule has 19 heavy (non-hydrogen) atoms. The molecule has 0 aromatic heterocycles. The van der Waals surface area contributed by atoms with Crippen LogP contribution in [-0.4, -0.2) is 5.91 Å². The lowest BCUT2D eigenvalue weighted by molar-refractivity contribution is 0.102. The number of nitrogens with one attached hydrogen (secondary N) is 1. The normalized spacial score (nSPS) is 10.3. The van der Waals surface area contributed by atoms with Crippen LogP contribution in [0.1, 0.15) is 15.9 Å². The Labute approximate surface area is 134 Å². The van der Waals surface area contributed by atoms with Gasteiger partial charge < -0.3 is 5.32 Å². The molecule has 98 valence electrons. The van der Waals surface area contributed by atoms with E-state index in [1.54, 1.807) is 12.1 Å². The van der Waals surface area contributed by atoms with Crippen molar-refractivity contribution in [2.75, 3.05) is 5.32 Å². The lowest BCUT2D eigenvalue weighted by Crippen LogP contribution is -2.12. The van der Waals surface area contributed by atoms with Gasteiger partial charge in [-0.15, -0.1) is 12.6 Å². The SMILES string of the molecule is Cc1cc(Br)cc(NC(=O)c2ccc(Br)cc2S)c1. The third kappa shape index (κ3) is 3.84. The molecule has 5 heteroatoms. The van der Waals surface area contributed by atoms with Crippen LogP contribution >= 0.6 is 44.5 Å². The van der Waals surface area contributed by atoms with Gasteiger partial charge in [-0.05, 0) is 48.9 Å². The third-order valence-electron chi connectivity index (χ3n) is 2.50. The average Bonchev–Trinajstić information content (AvgIpc) is 2.26. The first-order valence-electron chi connectivity index (χ1n) is 5.53. The summed E-state index contributed by atoms with van der Waals surface area (Å²) >= 11 is 11.1. The molecular weight excluding hydrogens is 390 g/mol. The Morgan fingerprint density at radius 1 is 1.11 bits per heavy atom. The second kappa shape index (κ2) is 6.11. The van der Waals surface area contributed by atoms with E-state index in [9.17, 15) is 4.79 Å². The molecule has 0 aliphatic rings. The lowest BCUT2D eigenvalue weighted by Gasteiger charge is -2.09. The van der Waals surface area contributed by atoms with E-state index in [4.69, 9.17) is 0 Å². The minimum absolute atomic E-state index is 0.171. The van der Waals surface area contributed by atoms with E-state index in [-0.39, 0.29) is 5.91 Å². The second-order valence-electron chi connectivity index (χ2n) is 4.13. The summed E-state index contributed by atoms with van der Waals surface area (Å²) in [6, 6.07) is 11.1. The van der Waals surface area contributed by atoms with Crippen LogP contribution in [-0.2, 0) is 0 Å². The summed E-state index contributed by atoms with van der Waals surface area (Å²) in [5, 5.41) is 2.87. The van der Waals surface area contributed by atoms with Crippen molar-refractivity contribution in [3.05, 3.63) is 56.5 Å². The van der Waals surface area contributed by atoms with Crippen molar-refractivity contribution >= 4 is 56.1 Å². The van der Waals surface area contributed by atoms with Crippen molar-refractivity contribution in [1.82, 2.24) is 0 Å². The Balaban J connectivity index is 2.25. The fourth-order valence-electron chi connectivity index (χ4n) is 1.70. The zero-order chi connectivity index (χ0) is 14.0. The van der Waals surface area contributed by atoms with Crippen molar-refractivity contribution in [2.24, 2.45) is 0 Å². The van der Waals surface area contributed by atoms with E-state index in [0.717, 1.165) is 20.2 Å². The zero-order valence-electron chi connectivity index (χ0n) is 10.1. The van der Waals surface area contributed by atoms with Gasteiger partial charge in [-0.1, -0.05) is 31.9 Å². The summed E-state index contributed by atoms with van der Waals surface area (Å²) in [7, 11) is 0. The number of thiol groups is 1. The van der Waals surface area contributed by atoms with Crippen LogP contribution in [0.4, 0.5) is 5.69 Å². The minimum Gasteiger partial charge on any atom is -0.322 e. The first-order chi connectivity index (χ1) is 8.95. The smallest absolute Gasteiger partial charge is 0.256 e. The minimum atomic E-state index is -0.171. The number of aryl methyl sites for hydroxylation is 1. The van der Waals surface area contributed by atoms with Crippen molar-refractivity contribution in [1.29, 1.82) is 0 Å². The van der Waals surface area contributed by atoms with E-state index in [1.807, 2.05) is 31.2 Å². The van der Waals surface area contributed by atoms with Gasteiger partial charge in [-0.2, -0.15) is 0 Å². The Morgan fingerprint density at radius 3 is 2.47 bits per heavy atom. The van der Waals surface area contributed by atoms with Gasteiger partial charge in [-0.25, -0.2) is 0 Å². The van der Waals surface area contributed by atoms with E-state index in [2.05, 4.69) is 49.8 Å². The second-order valence-corrected chi connectivity index (χ2v) is 6.45. The van der Waals surface area contributed by atoms with Gasteiger partial charge in [-0.3, -0.25) is 4.79 Å². The highest BCUT2D eigenvalue weighted by molar-refractivity contribution is 9.10. The van der Waals surface area contributed by atoms with Crippen LogP contribution in [0.3, 0.4) is 0 Å². The van der Waals surface area contributed by atoms with Crippen molar-refractivity contribution in [3.8, 4) is 0 Å². The fourth-order valence-corrected chi connectivity index (χ4v) is 3.16. The van der Waals surface area contributed by atoms with Crippen LogP contribution in [0.25, 0.3) is 0 Å². The Bertz CT molecular complexity index is 623. The number of halogens is 2. The summed E-state index contributed by atoms with van der Waals surface area (Å²) in [4.78, 5) is 12.8. The molecule has 2 aromatic carbocycles. The summed E-state index contributed by atoms with van der Waals surface area (Å²) in [6.45, 7) is 1.98. The van der Waals surface area contributed by atoms with Crippen LogP contribution in [0.5, 0.6) is 0 Å². The molecule has 0 aliphatic carbocycles. The maximum atomic E-state index is 12.2. The highest BCUT2D eigenvalue weighted by Crippen LogP contribution is 2.23. The van der Waals surface area contributed by atoms with Gasteiger partial charge in [0, 0.05) is 19.5 Å². The summed E-state index contributed by atoms with van der Waals surface area (Å²) < 4.78 is 1.83. The standard InChI is InChI=1S/C14H11Br2NOS/c1-8-4-10(16)6-11(5-8)17-14(18)12-3-2-9(15)7-13(12)19/h2-7,19H,1H3,(H,17,18). The number of hydrogen-bond acceptors (Lipinski definition) is 2. The molecule has 0 aliphatic heterocycles. The number of hydrogen-bond donors (Lipinski definition) is 2. The monoisotopic (exact) mass is 399 g/mol.